The second-order valence-electron chi connectivity index (χ2n) is 4.27. The van der Waals surface area contributed by atoms with Gasteiger partial charge in [0, 0.05) is 23.3 Å². The van der Waals surface area contributed by atoms with Gasteiger partial charge in [-0.05, 0) is 18.2 Å². The molecule has 0 aliphatic heterocycles. The Morgan fingerprint density at radius 1 is 1.10 bits per heavy atom. The zero-order valence-electron chi connectivity index (χ0n) is 10.5. The first-order valence-corrected chi connectivity index (χ1v) is 6.07. The first kappa shape index (κ1) is 12.1. The standard InChI is InChI=1S/C15H11N3O2/c19-14(15(20)18-10-4-3-7-16-8-10)12-9-17-13-6-2-1-5-11(12)13/h1-9,17H,(H,18,20). The molecule has 2 N–H and O–H groups in total. The number of aromatic nitrogens is 2. The Kier molecular flexibility index (Phi) is 3.01. The van der Waals surface area contributed by atoms with Crippen LogP contribution in [0.25, 0.3) is 10.9 Å². The summed E-state index contributed by atoms with van der Waals surface area (Å²) in [5.74, 6) is -1.26. The van der Waals surface area contributed by atoms with Gasteiger partial charge in [0.15, 0.2) is 0 Å². The van der Waals surface area contributed by atoms with E-state index in [0.717, 1.165) is 10.9 Å². The molecule has 0 aliphatic rings. The maximum Gasteiger partial charge on any atom is 0.296 e. The predicted molar refractivity (Wildman–Crippen MR) is 75.5 cm³/mol. The van der Waals surface area contributed by atoms with Crippen LogP contribution in [-0.4, -0.2) is 21.7 Å². The van der Waals surface area contributed by atoms with Gasteiger partial charge in [0.2, 0.25) is 0 Å². The molecule has 0 saturated carbocycles. The van der Waals surface area contributed by atoms with E-state index in [0.29, 0.717) is 11.3 Å². The van der Waals surface area contributed by atoms with E-state index < -0.39 is 11.7 Å². The van der Waals surface area contributed by atoms with Gasteiger partial charge in [-0.25, -0.2) is 0 Å². The summed E-state index contributed by atoms with van der Waals surface area (Å²) in [5.41, 5.74) is 1.68. The van der Waals surface area contributed by atoms with Gasteiger partial charge >= 0.3 is 0 Å². The van der Waals surface area contributed by atoms with Gasteiger partial charge in [0.1, 0.15) is 0 Å². The third-order valence-corrected chi connectivity index (χ3v) is 2.96. The van der Waals surface area contributed by atoms with Crippen molar-refractivity contribution in [3.05, 3.63) is 60.6 Å². The van der Waals surface area contributed by atoms with Crippen LogP contribution in [0.3, 0.4) is 0 Å². The molecular weight excluding hydrogens is 254 g/mol. The molecule has 0 atom stereocenters. The number of pyridine rings is 1. The van der Waals surface area contributed by atoms with Crippen molar-refractivity contribution in [2.24, 2.45) is 0 Å². The lowest BCUT2D eigenvalue weighted by Crippen LogP contribution is -2.22. The summed E-state index contributed by atoms with van der Waals surface area (Å²) in [4.78, 5) is 31.0. The molecule has 5 heteroatoms. The van der Waals surface area contributed by atoms with E-state index in [9.17, 15) is 9.59 Å². The lowest BCUT2D eigenvalue weighted by Gasteiger charge is -2.02. The smallest absolute Gasteiger partial charge is 0.296 e. The maximum atomic E-state index is 12.2. The molecule has 0 fully saturated rings. The fourth-order valence-electron chi connectivity index (χ4n) is 2.01. The number of hydrogen-bond donors (Lipinski definition) is 2. The van der Waals surface area contributed by atoms with Gasteiger partial charge < -0.3 is 10.3 Å². The van der Waals surface area contributed by atoms with Crippen molar-refractivity contribution in [2.75, 3.05) is 5.32 Å². The van der Waals surface area contributed by atoms with Crippen LogP contribution in [0.5, 0.6) is 0 Å². The molecule has 0 bridgehead atoms. The fraction of sp³-hybridized carbons (Fsp3) is 0. The molecule has 0 aliphatic carbocycles. The second kappa shape index (κ2) is 4.97. The molecule has 0 spiro atoms. The molecule has 0 saturated heterocycles. The minimum atomic E-state index is -0.678. The first-order chi connectivity index (χ1) is 9.75. The van der Waals surface area contributed by atoms with Crippen LogP contribution in [0.15, 0.2) is 55.0 Å². The second-order valence-corrected chi connectivity index (χ2v) is 4.27. The van der Waals surface area contributed by atoms with Gasteiger partial charge in [0.05, 0.1) is 17.4 Å². The predicted octanol–water partition coefficient (Wildman–Crippen LogP) is 2.38. The largest absolute Gasteiger partial charge is 0.360 e. The summed E-state index contributed by atoms with van der Waals surface area (Å²) in [6, 6.07) is 10.7. The summed E-state index contributed by atoms with van der Waals surface area (Å²) < 4.78 is 0. The van der Waals surface area contributed by atoms with Crippen LogP contribution in [0.4, 0.5) is 5.69 Å². The van der Waals surface area contributed by atoms with Crippen molar-refractivity contribution >= 4 is 28.3 Å². The van der Waals surface area contributed by atoms with Crippen LogP contribution in [0.1, 0.15) is 10.4 Å². The average molecular weight is 265 g/mol. The van der Waals surface area contributed by atoms with Gasteiger partial charge in [-0.3, -0.25) is 14.6 Å². The van der Waals surface area contributed by atoms with E-state index in [-0.39, 0.29) is 0 Å². The number of rotatable bonds is 3. The van der Waals surface area contributed by atoms with E-state index in [1.165, 1.54) is 6.20 Å². The molecular formula is C15H11N3O2. The number of amides is 1. The minimum Gasteiger partial charge on any atom is -0.360 e. The molecule has 2 aromatic heterocycles. The third kappa shape index (κ3) is 2.16. The molecule has 98 valence electrons. The topological polar surface area (TPSA) is 74.8 Å². The monoisotopic (exact) mass is 265 g/mol. The van der Waals surface area contributed by atoms with E-state index >= 15 is 0 Å². The van der Waals surface area contributed by atoms with Crippen LogP contribution >= 0.6 is 0 Å². The maximum absolute atomic E-state index is 12.2. The molecule has 3 rings (SSSR count). The Bertz CT molecular complexity index is 778. The highest BCUT2D eigenvalue weighted by Gasteiger charge is 2.19. The lowest BCUT2D eigenvalue weighted by atomic mass is 10.1. The number of carbonyl (C=O) groups is 2. The van der Waals surface area contributed by atoms with Crippen LogP contribution in [0.2, 0.25) is 0 Å². The summed E-state index contributed by atoms with van der Waals surface area (Å²) in [7, 11) is 0. The first-order valence-electron chi connectivity index (χ1n) is 6.07. The number of hydrogen-bond acceptors (Lipinski definition) is 3. The van der Waals surface area contributed by atoms with Crippen molar-refractivity contribution < 1.29 is 9.59 Å². The minimum absolute atomic E-state index is 0.363. The molecule has 1 aromatic carbocycles. The van der Waals surface area contributed by atoms with Crippen LogP contribution < -0.4 is 5.32 Å². The molecule has 0 unspecified atom stereocenters. The van der Waals surface area contributed by atoms with Crippen LogP contribution in [0, 0.1) is 0 Å². The number of para-hydroxylation sites is 1. The quantitative estimate of drug-likeness (QED) is 0.564. The van der Waals surface area contributed by atoms with Crippen molar-refractivity contribution in [3.8, 4) is 0 Å². The van der Waals surface area contributed by atoms with Gasteiger partial charge in [-0.1, -0.05) is 18.2 Å². The molecule has 5 nitrogen and oxygen atoms in total. The summed E-state index contributed by atoms with van der Waals surface area (Å²) in [6.45, 7) is 0. The number of nitrogens with one attached hydrogen (secondary N) is 2. The highest BCUT2D eigenvalue weighted by Crippen LogP contribution is 2.18. The van der Waals surface area contributed by atoms with Gasteiger partial charge in [-0.2, -0.15) is 0 Å². The number of benzene rings is 1. The number of Topliss-reactive ketones (excluding diaryl/α,β-unsaturated/α-hetero) is 1. The van der Waals surface area contributed by atoms with Crippen LogP contribution in [-0.2, 0) is 4.79 Å². The molecule has 20 heavy (non-hydrogen) atoms. The Balaban J connectivity index is 1.87. The molecule has 1 amide bonds. The average Bonchev–Trinajstić information content (AvgIpc) is 2.91. The van der Waals surface area contributed by atoms with E-state index in [1.54, 1.807) is 30.6 Å². The number of anilines is 1. The SMILES string of the molecule is O=C(Nc1cccnc1)C(=O)c1c[nH]c2ccccc12. The summed E-state index contributed by atoms with van der Waals surface area (Å²) in [6.07, 6.45) is 4.63. The van der Waals surface area contributed by atoms with Crippen molar-refractivity contribution in [1.82, 2.24) is 9.97 Å². The Morgan fingerprint density at radius 2 is 1.95 bits per heavy atom. The van der Waals surface area contributed by atoms with Gasteiger partial charge in [-0.15, -0.1) is 0 Å². The number of fused-ring (bicyclic) bond motifs is 1. The fourth-order valence-corrected chi connectivity index (χ4v) is 2.01. The number of H-pyrrole nitrogens is 1. The lowest BCUT2D eigenvalue weighted by molar-refractivity contribution is -0.112. The van der Waals surface area contributed by atoms with E-state index in [1.807, 2.05) is 18.2 Å². The number of aromatic amines is 1. The summed E-state index contributed by atoms with van der Waals surface area (Å²) >= 11 is 0. The number of ketones is 1. The Hall–Kier alpha value is -2.95. The van der Waals surface area contributed by atoms with E-state index in [2.05, 4.69) is 15.3 Å². The Morgan fingerprint density at radius 3 is 2.75 bits per heavy atom. The highest BCUT2D eigenvalue weighted by molar-refractivity contribution is 6.48. The van der Waals surface area contributed by atoms with Crippen molar-refractivity contribution in [3.63, 3.8) is 0 Å². The molecule has 0 radical (unpaired) electrons. The highest BCUT2D eigenvalue weighted by atomic mass is 16.2. The number of nitrogens with zero attached hydrogens (tertiary/aromatic N) is 1. The van der Waals surface area contributed by atoms with Crippen molar-refractivity contribution in [1.29, 1.82) is 0 Å². The Labute approximate surface area is 114 Å². The third-order valence-electron chi connectivity index (χ3n) is 2.96. The van der Waals surface area contributed by atoms with E-state index in [4.69, 9.17) is 0 Å². The summed E-state index contributed by atoms with van der Waals surface area (Å²) in [5, 5.41) is 3.26. The number of carbonyl (C=O) groups excluding carboxylic acids is 2. The van der Waals surface area contributed by atoms with Crippen molar-refractivity contribution in [2.45, 2.75) is 0 Å². The molecule has 2 heterocycles. The zero-order chi connectivity index (χ0) is 13.9. The normalized spacial score (nSPS) is 10.4. The van der Waals surface area contributed by atoms with Gasteiger partial charge in [0.25, 0.3) is 11.7 Å². The molecule has 3 aromatic rings. The zero-order valence-corrected chi connectivity index (χ0v) is 10.5.